The fraction of sp³-hybridized carbons (Fsp3) is 0.348. The summed E-state index contributed by atoms with van der Waals surface area (Å²) in [5, 5.41) is 3.96. The van der Waals surface area contributed by atoms with E-state index in [1.807, 2.05) is 36.0 Å². The van der Waals surface area contributed by atoms with E-state index in [2.05, 4.69) is 42.7 Å². The lowest BCUT2D eigenvalue weighted by atomic mass is 9.91. The highest BCUT2D eigenvalue weighted by molar-refractivity contribution is 8.14. The highest BCUT2D eigenvalue weighted by atomic mass is 35.5. The standard InChI is InChI=1S/C23H26ClNS2/c1-18-11-13-20(14-12-18)25-23(27-17-19-7-3-2-4-8-19)15-16-26-22-10-6-5-9-21(22)24/h5-6,9-16,19H,2-4,7-8,17H2,1H3. The van der Waals surface area contributed by atoms with E-state index in [4.69, 9.17) is 16.6 Å². The lowest BCUT2D eigenvalue weighted by Crippen LogP contribution is -2.09. The molecular weight excluding hydrogens is 390 g/mol. The molecule has 0 amide bonds. The molecule has 0 spiro atoms. The Kier molecular flexibility index (Phi) is 8.37. The van der Waals surface area contributed by atoms with Crippen LogP contribution in [0.25, 0.3) is 0 Å². The highest BCUT2D eigenvalue weighted by Gasteiger charge is 2.14. The molecule has 0 radical (unpaired) electrons. The van der Waals surface area contributed by atoms with Gasteiger partial charge in [-0.3, -0.25) is 0 Å². The summed E-state index contributed by atoms with van der Waals surface area (Å²) in [6.07, 6.45) is 9.02. The lowest BCUT2D eigenvalue weighted by molar-refractivity contribution is 0.391. The van der Waals surface area contributed by atoms with Gasteiger partial charge in [-0.1, -0.05) is 72.5 Å². The number of hydrogen-bond acceptors (Lipinski definition) is 3. The van der Waals surface area contributed by atoms with Crippen molar-refractivity contribution < 1.29 is 0 Å². The molecule has 1 aliphatic rings. The van der Waals surface area contributed by atoms with Gasteiger partial charge in [0, 0.05) is 10.6 Å². The molecule has 0 heterocycles. The smallest absolute Gasteiger partial charge is 0.0972 e. The third-order valence-corrected chi connectivity index (χ3v) is 7.19. The molecule has 2 aromatic rings. The SMILES string of the molecule is Cc1ccc(N=C(C=CSc2ccccc2Cl)SCC2CCCCC2)cc1. The van der Waals surface area contributed by atoms with Gasteiger partial charge in [-0.2, -0.15) is 0 Å². The molecule has 0 atom stereocenters. The number of hydrogen-bond donors (Lipinski definition) is 0. The van der Waals surface area contributed by atoms with Crippen LogP contribution in [0.4, 0.5) is 5.69 Å². The number of benzene rings is 2. The first-order chi connectivity index (χ1) is 13.2. The number of nitrogens with zero attached hydrogens (tertiary/aromatic N) is 1. The van der Waals surface area contributed by atoms with Crippen LogP contribution >= 0.6 is 35.1 Å². The van der Waals surface area contributed by atoms with Crippen LogP contribution in [-0.4, -0.2) is 10.8 Å². The topological polar surface area (TPSA) is 12.4 Å². The van der Waals surface area contributed by atoms with Crippen molar-refractivity contribution in [3.8, 4) is 0 Å². The first-order valence-electron chi connectivity index (χ1n) is 9.56. The molecule has 0 unspecified atom stereocenters. The first-order valence-corrected chi connectivity index (χ1v) is 11.8. The molecule has 27 heavy (non-hydrogen) atoms. The summed E-state index contributed by atoms with van der Waals surface area (Å²) in [6, 6.07) is 16.4. The van der Waals surface area contributed by atoms with Crippen molar-refractivity contribution in [3.05, 3.63) is 70.6 Å². The molecule has 0 aliphatic heterocycles. The quantitative estimate of drug-likeness (QED) is 0.267. The third-order valence-electron chi connectivity index (χ3n) is 4.71. The van der Waals surface area contributed by atoms with Crippen molar-refractivity contribution in [2.24, 2.45) is 10.9 Å². The van der Waals surface area contributed by atoms with Crippen LogP contribution in [0.1, 0.15) is 37.7 Å². The zero-order chi connectivity index (χ0) is 18.9. The number of aryl methyl sites for hydroxylation is 1. The summed E-state index contributed by atoms with van der Waals surface area (Å²) in [7, 11) is 0. The Bertz CT molecular complexity index is 777. The van der Waals surface area contributed by atoms with Crippen molar-refractivity contribution in [1.82, 2.24) is 0 Å². The van der Waals surface area contributed by atoms with Crippen LogP contribution in [0.2, 0.25) is 5.02 Å². The summed E-state index contributed by atoms with van der Waals surface area (Å²) < 4.78 is 0. The molecule has 1 saturated carbocycles. The Morgan fingerprint density at radius 1 is 1.07 bits per heavy atom. The molecule has 4 heteroatoms. The lowest BCUT2D eigenvalue weighted by Gasteiger charge is -2.20. The largest absolute Gasteiger partial charge is 0.242 e. The van der Waals surface area contributed by atoms with Gasteiger partial charge in [0.25, 0.3) is 0 Å². The molecule has 1 aliphatic carbocycles. The molecule has 1 fully saturated rings. The van der Waals surface area contributed by atoms with Crippen molar-refractivity contribution in [3.63, 3.8) is 0 Å². The summed E-state index contributed by atoms with van der Waals surface area (Å²) in [5.74, 6) is 1.99. The van der Waals surface area contributed by atoms with Gasteiger partial charge in [0.05, 0.1) is 15.8 Å². The van der Waals surface area contributed by atoms with E-state index in [1.54, 1.807) is 11.8 Å². The second kappa shape index (κ2) is 11.0. The first kappa shape index (κ1) is 20.6. The van der Waals surface area contributed by atoms with Crippen LogP contribution < -0.4 is 0 Å². The molecule has 0 aromatic heterocycles. The highest BCUT2D eigenvalue weighted by Crippen LogP contribution is 2.30. The van der Waals surface area contributed by atoms with E-state index >= 15 is 0 Å². The third kappa shape index (κ3) is 7.06. The van der Waals surface area contributed by atoms with Gasteiger partial charge in [-0.25, -0.2) is 4.99 Å². The number of aliphatic imine (C=N–C) groups is 1. The predicted molar refractivity (Wildman–Crippen MR) is 124 cm³/mol. The second-order valence-corrected chi connectivity index (χ2v) is 9.35. The van der Waals surface area contributed by atoms with E-state index in [0.717, 1.165) is 32.3 Å². The molecule has 1 nitrogen and oxygen atoms in total. The van der Waals surface area contributed by atoms with Gasteiger partial charge in [0.2, 0.25) is 0 Å². The zero-order valence-corrected chi connectivity index (χ0v) is 18.1. The average Bonchev–Trinajstić information content (AvgIpc) is 2.70. The maximum absolute atomic E-state index is 6.26. The average molecular weight is 416 g/mol. The second-order valence-electron chi connectivity index (χ2n) is 6.95. The number of halogens is 1. The molecular formula is C23H26ClNS2. The molecule has 2 aromatic carbocycles. The zero-order valence-electron chi connectivity index (χ0n) is 15.7. The van der Waals surface area contributed by atoms with Gasteiger partial charge in [-0.15, -0.1) is 11.8 Å². The van der Waals surface area contributed by atoms with Gasteiger partial charge in [0.15, 0.2) is 0 Å². The van der Waals surface area contributed by atoms with Crippen molar-refractivity contribution >= 4 is 45.9 Å². The molecule has 0 bridgehead atoms. The minimum atomic E-state index is 0.791. The van der Waals surface area contributed by atoms with Crippen molar-refractivity contribution in [2.75, 3.05) is 5.75 Å². The normalized spacial score (nSPS) is 16.1. The van der Waals surface area contributed by atoms with E-state index in [-0.39, 0.29) is 0 Å². The maximum Gasteiger partial charge on any atom is 0.0972 e. The van der Waals surface area contributed by atoms with Crippen LogP contribution in [-0.2, 0) is 0 Å². The minimum Gasteiger partial charge on any atom is -0.242 e. The van der Waals surface area contributed by atoms with Crippen LogP contribution in [0, 0.1) is 12.8 Å². The molecule has 0 N–H and O–H groups in total. The van der Waals surface area contributed by atoms with Gasteiger partial charge in [-0.05, 0) is 61.4 Å². The maximum atomic E-state index is 6.26. The monoisotopic (exact) mass is 415 g/mol. The summed E-state index contributed by atoms with van der Waals surface area (Å²) in [4.78, 5) is 5.96. The minimum absolute atomic E-state index is 0.791. The van der Waals surface area contributed by atoms with Crippen LogP contribution in [0.15, 0.2) is 69.9 Å². The predicted octanol–water partition coefficient (Wildman–Crippen LogP) is 8.30. The number of thioether (sulfide) groups is 2. The van der Waals surface area contributed by atoms with E-state index < -0.39 is 0 Å². The van der Waals surface area contributed by atoms with E-state index in [0.29, 0.717) is 0 Å². The van der Waals surface area contributed by atoms with Gasteiger partial charge >= 0.3 is 0 Å². The van der Waals surface area contributed by atoms with Crippen molar-refractivity contribution in [1.29, 1.82) is 0 Å². The Morgan fingerprint density at radius 3 is 2.56 bits per heavy atom. The fourth-order valence-electron chi connectivity index (χ4n) is 3.13. The Morgan fingerprint density at radius 2 is 1.81 bits per heavy atom. The molecule has 0 saturated heterocycles. The Labute approximate surface area is 176 Å². The number of rotatable bonds is 6. The van der Waals surface area contributed by atoms with Crippen LogP contribution in [0.5, 0.6) is 0 Å². The summed E-state index contributed by atoms with van der Waals surface area (Å²) in [5.41, 5.74) is 2.27. The van der Waals surface area contributed by atoms with Gasteiger partial charge in [0.1, 0.15) is 0 Å². The van der Waals surface area contributed by atoms with Crippen LogP contribution in [0.3, 0.4) is 0 Å². The Balaban J connectivity index is 1.68. The fourth-order valence-corrected chi connectivity index (χ4v) is 5.24. The summed E-state index contributed by atoms with van der Waals surface area (Å²) >= 11 is 9.78. The van der Waals surface area contributed by atoms with E-state index in [9.17, 15) is 0 Å². The van der Waals surface area contributed by atoms with Gasteiger partial charge < -0.3 is 0 Å². The Hall–Kier alpha value is -1.16. The van der Waals surface area contributed by atoms with Crippen molar-refractivity contribution in [2.45, 2.75) is 43.9 Å². The summed E-state index contributed by atoms with van der Waals surface area (Å²) in [6.45, 7) is 2.10. The van der Waals surface area contributed by atoms with E-state index in [1.165, 1.54) is 37.7 Å². The molecule has 142 valence electrons. The molecule has 3 rings (SSSR count).